The molecule has 3 atom stereocenters. The SMILES string of the molecule is CCCCCCC(CCCCCCCCCCS(=O)c1ccc(Cl)cc1)CCS(=O)CCCC(F)(F)C(F)(F)F. The summed E-state index contributed by atoms with van der Waals surface area (Å²) in [7, 11) is -2.34. The fourth-order valence-corrected chi connectivity index (χ4v) is 7.26. The van der Waals surface area contributed by atoms with E-state index in [1.54, 1.807) is 12.1 Å². The normalized spacial score (nSPS) is 14.8. The Morgan fingerprint density at radius 2 is 1.20 bits per heavy atom. The molecule has 0 N–H and O–H groups in total. The van der Waals surface area contributed by atoms with Gasteiger partial charge in [0, 0.05) is 44.4 Å². The molecule has 40 heavy (non-hydrogen) atoms. The minimum Gasteiger partial charge on any atom is -0.260 e. The van der Waals surface area contributed by atoms with Gasteiger partial charge in [-0.15, -0.1) is 0 Å². The maximum absolute atomic E-state index is 13.1. The van der Waals surface area contributed by atoms with Crippen LogP contribution in [0.3, 0.4) is 0 Å². The average molecular weight is 635 g/mol. The van der Waals surface area contributed by atoms with Crippen LogP contribution in [0.15, 0.2) is 29.2 Å². The van der Waals surface area contributed by atoms with Gasteiger partial charge < -0.3 is 0 Å². The van der Waals surface area contributed by atoms with Crippen molar-refractivity contribution < 1.29 is 30.4 Å². The molecule has 0 spiro atoms. The van der Waals surface area contributed by atoms with Crippen molar-refractivity contribution in [3.8, 4) is 0 Å². The van der Waals surface area contributed by atoms with Crippen molar-refractivity contribution in [1.82, 2.24) is 0 Å². The predicted molar refractivity (Wildman–Crippen MR) is 159 cm³/mol. The van der Waals surface area contributed by atoms with Crippen LogP contribution in [0.25, 0.3) is 0 Å². The highest BCUT2D eigenvalue weighted by Crippen LogP contribution is 2.38. The van der Waals surface area contributed by atoms with Crippen LogP contribution < -0.4 is 0 Å². The number of hydrogen-bond donors (Lipinski definition) is 0. The first-order valence-corrected chi connectivity index (χ1v) is 18.1. The van der Waals surface area contributed by atoms with Gasteiger partial charge in [-0.1, -0.05) is 102 Å². The van der Waals surface area contributed by atoms with E-state index in [9.17, 15) is 30.4 Å². The standard InChI is InChI=1S/C30H48ClF5O2S2/c1-2-3-4-11-15-26(21-25-39(37)23-14-22-29(32,33)30(34,35)36)16-12-9-7-5-6-8-10-13-24-40(38)28-19-17-27(31)18-20-28/h17-20,26H,2-16,21-25H2,1H3. The van der Waals surface area contributed by atoms with Crippen LogP contribution in [0.1, 0.15) is 116 Å². The van der Waals surface area contributed by atoms with E-state index in [-0.39, 0.29) is 12.2 Å². The number of benzene rings is 1. The molecule has 0 bridgehead atoms. The highest BCUT2D eigenvalue weighted by Gasteiger charge is 2.56. The monoisotopic (exact) mass is 634 g/mol. The molecule has 234 valence electrons. The molecular weight excluding hydrogens is 587 g/mol. The van der Waals surface area contributed by atoms with E-state index < -0.39 is 40.1 Å². The lowest BCUT2D eigenvalue weighted by atomic mass is 9.92. The van der Waals surface area contributed by atoms with Crippen molar-refractivity contribution in [3.63, 3.8) is 0 Å². The molecule has 1 aromatic rings. The van der Waals surface area contributed by atoms with E-state index in [0.29, 0.717) is 22.4 Å². The van der Waals surface area contributed by atoms with Gasteiger partial charge in [0.2, 0.25) is 0 Å². The Balaban J connectivity index is 2.19. The number of alkyl halides is 5. The number of hydrogen-bond acceptors (Lipinski definition) is 2. The van der Waals surface area contributed by atoms with Gasteiger partial charge in [-0.05, 0) is 49.4 Å². The summed E-state index contributed by atoms with van der Waals surface area (Å²) in [6, 6.07) is 7.17. The number of unbranched alkanes of at least 4 members (excludes halogenated alkanes) is 10. The van der Waals surface area contributed by atoms with Crippen LogP contribution in [0, 0.1) is 5.92 Å². The van der Waals surface area contributed by atoms with E-state index in [1.807, 2.05) is 12.1 Å². The fraction of sp³-hybridized carbons (Fsp3) is 0.800. The third kappa shape index (κ3) is 17.4. The summed E-state index contributed by atoms with van der Waals surface area (Å²) in [6.07, 6.45) is 9.13. The van der Waals surface area contributed by atoms with Crippen molar-refractivity contribution in [2.24, 2.45) is 5.92 Å². The lowest BCUT2D eigenvalue weighted by Crippen LogP contribution is -2.36. The van der Waals surface area contributed by atoms with Gasteiger partial charge in [-0.25, -0.2) is 0 Å². The zero-order valence-electron chi connectivity index (χ0n) is 23.9. The average Bonchev–Trinajstić information content (AvgIpc) is 2.89. The molecule has 0 saturated heterocycles. The molecule has 1 rings (SSSR count). The summed E-state index contributed by atoms with van der Waals surface area (Å²) in [5, 5.41) is 0.646. The molecule has 1 aromatic carbocycles. The third-order valence-electron chi connectivity index (χ3n) is 7.27. The van der Waals surface area contributed by atoms with Crippen LogP contribution in [0.4, 0.5) is 22.0 Å². The lowest BCUT2D eigenvalue weighted by molar-refractivity contribution is -0.284. The van der Waals surface area contributed by atoms with Gasteiger partial charge in [0.05, 0.1) is 10.8 Å². The first-order chi connectivity index (χ1) is 19.0. The molecule has 0 aliphatic rings. The van der Waals surface area contributed by atoms with Gasteiger partial charge >= 0.3 is 12.1 Å². The molecule has 0 radical (unpaired) electrons. The first-order valence-electron chi connectivity index (χ1n) is 14.9. The Kier molecular flexibility index (Phi) is 19.9. The Bertz CT molecular complexity index is 834. The van der Waals surface area contributed by atoms with Gasteiger partial charge in [-0.3, -0.25) is 8.42 Å². The molecule has 3 unspecified atom stereocenters. The van der Waals surface area contributed by atoms with E-state index in [4.69, 9.17) is 11.6 Å². The fourth-order valence-electron chi connectivity index (χ4n) is 4.72. The Hall–Kier alpha value is -0.540. The highest BCUT2D eigenvalue weighted by atomic mass is 35.5. The zero-order chi connectivity index (χ0) is 29.9. The minimum absolute atomic E-state index is 0.106. The summed E-state index contributed by atoms with van der Waals surface area (Å²) >= 11 is 5.88. The molecule has 0 saturated carbocycles. The van der Waals surface area contributed by atoms with Crippen LogP contribution in [-0.2, 0) is 21.6 Å². The van der Waals surface area contributed by atoms with Crippen molar-refractivity contribution in [2.75, 3.05) is 17.3 Å². The van der Waals surface area contributed by atoms with Crippen LogP contribution >= 0.6 is 11.6 Å². The summed E-state index contributed by atoms with van der Waals surface area (Å²) in [6.45, 7) is 2.16. The zero-order valence-corrected chi connectivity index (χ0v) is 26.3. The van der Waals surface area contributed by atoms with Crippen molar-refractivity contribution in [1.29, 1.82) is 0 Å². The van der Waals surface area contributed by atoms with Gasteiger partial charge in [0.25, 0.3) is 0 Å². The summed E-state index contributed by atoms with van der Waals surface area (Å²) in [5.74, 6) is -3.34. The van der Waals surface area contributed by atoms with Crippen LogP contribution in [0.2, 0.25) is 5.02 Å². The first kappa shape index (κ1) is 37.5. The van der Waals surface area contributed by atoms with Crippen LogP contribution in [-0.4, -0.2) is 37.8 Å². The predicted octanol–water partition coefficient (Wildman–Crippen LogP) is 10.7. The second-order valence-electron chi connectivity index (χ2n) is 10.8. The summed E-state index contributed by atoms with van der Waals surface area (Å²) in [5.41, 5.74) is 0. The Morgan fingerprint density at radius 3 is 1.75 bits per heavy atom. The molecule has 0 aliphatic heterocycles. The van der Waals surface area contributed by atoms with Crippen molar-refractivity contribution in [2.45, 2.75) is 133 Å². The molecule has 0 amide bonds. The molecule has 0 fully saturated rings. The van der Waals surface area contributed by atoms with Crippen LogP contribution in [0.5, 0.6) is 0 Å². The van der Waals surface area contributed by atoms with E-state index >= 15 is 0 Å². The highest BCUT2D eigenvalue weighted by molar-refractivity contribution is 7.85. The van der Waals surface area contributed by atoms with Crippen molar-refractivity contribution >= 4 is 33.2 Å². The maximum Gasteiger partial charge on any atom is 0.453 e. The summed E-state index contributed by atoms with van der Waals surface area (Å²) in [4.78, 5) is 0.824. The van der Waals surface area contributed by atoms with Gasteiger partial charge in [0.15, 0.2) is 0 Å². The minimum atomic E-state index is -5.54. The van der Waals surface area contributed by atoms with E-state index in [1.165, 1.54) is 25.7 Å². The Morgan fingerprint density at radius 1 is 0.675 bits per heavy atom. The third-order valence-corrected chi connectivity index (χ3v) is 10.4. The smallest absolute Gasteiger partial charge is 0.260 e. The van der Waals surface area contributed by atoms with E-state index in [2.05, 4.69) is 6.92 Å². The van der Waals surface area contributed by atoms with Gasteiger partial charge in [-0.2, -0.15) is 22.0 Å². The second-order valence-corrected chi connectivity index (χ2v) is 14.5. The second kappa shape index (κ2) is 21.2. The summed E-state index contributed by atoms with van der Waals surface area (Å²) < 4.78 is 87.6. The molecule has 0 aromatic heterocycles. The van der Waals surface area contributed by atoms with E-state index in [0.717, 1.165) is 75.5 Å². The number of rotatable bonds is 24. The van der Waals surface area contributed by atoms with Crippen molar-refractivity contribution in [3.05, 3.63) is 29.3 Å². The molecule has 2 nitrogen and oxygen atoms in total. The topological polar surface area (TPSA) is 34.1 Å². The number of halogens is 6. The molecular formula is C30H48ClF5O2S2. The molecule has 0 aliphatic carbocycles. The maximum atomic E-state index is 13.1. The Labute approximate surface area is 248 Å². The largest absolute Gasteiger partial charge is 0.453 e. The molecule has 10 heteroatoms. The van der Waals surface area contributed by atoms with Gasteiger partial charge in [0.1, 0.15) is 0 Å². The quantitative estimate of drug-likeness (QED) is 0.0837. The molecule has 0 heterocycles. The lowest BCUT2D eigenvalue weighted by Gasteiger charge is -2.19.